The third-order valence-corrected chi connectivity index (χ3v) is 5.25. The highest BCUT2D eigenvalue weighted by Gasteiger charge is 2.33. The monoisotopic (exact) mass is 359 g/mol. The highest BCUT2D eigenvalue weighted by molar-refractivity contribution is 7.85. The molecule has 0 unspecified atom stereocenters. The molecule has 0 amide bonds. The van der Waals surface area contributed by atoms with Gasteiger partial charge in [0, 0.05) is 35.5 Å². The molecule has 2 aromatic carbocycles. The third kappa shape index (κ3) is 2.75. The number of benzene rings is 2. The van der Waals surface area contributed by atoms with E-state index in [4.69, 9.17) is 0 Å². The molecule has 0 atom stereocenters. The molecule has 0 saturated heterocycles. The van der Waals surface area contributed by atoms with Crippen LogP contribution in [0.25, 0.3) is 0 Å². The minimum atomic E-state index is -4.46. The standard InChI is InChI=1S/C18H17NO5S/c1-3-19(4-2)15-7-5-6-13-16(15)18(21)12-9-8-11(25(22,23)24)10-14(12)17(13)20/h5-10H,3-4H2,1-2H3,(H,22,23,24). The predicted molar refractivity (Wildman–Crippen MR) is 93.1 cm³/mol. The number of nitrogens with zero attached hydrogens (tertiary/aromatic N) is 1. The molecule has 0 aromatic heterocycles. The number of hydrogen-bond donors (Lipinski definition) is 1. The summed E-state index contributed by atoms with van der Waals surface area (Å²) in [6, 6.07) is 8.53. The van der Waals surface area contributed by atoms with E-state index in [1.807, 2.05) is 18.7 Å². The lowest BCUT2D eigenvalue weighted by Gasteiger charge is -2.27. The molecule has 25 heavy (non-hydrogen) atoms. The van der Waals surface area contributed by atoms with Crippen molar-refractivity contribution in [1.29, 1.82) is 0 Å². The Hall–Kier alpha value is -2.51. The van der Waals surface area contributed by atoms with E-state index >= 15 is 0 Å². The van der Waals surface area contributed by atoms with Crippen LogP contribution in [0.2, 0.25) is 0 Å². The fraction of sp³-hybridized carbons (Fsp3) is 0.222. The van der Waals surface area contributed by atoms with Crippen molar-refractivity contribution in [3.8, 4) is 0 Å². The summed E-state index contributed by atoms with van der Waals surface area (Å²) < 4.78 is 31.8. The van der Waals surface area contributed by atoms with Gasteiger partial charge in [0.05, 0.1) is 10.5 Å². The highest BCUT2D eigenvalue weighted by atomic mass is 32.2. The molecule has 130 valence electrons. The summed E-state index contributed by atoms with van der Waals surface area (Å²) in [6.07, 6.45) is 0. The molecule has 1 N–H and O–H groups in total. The molecule has 3 rings (SSSR count). The van der Waals surface area contributed by atoms with E-state index < -0.39 is 20.8 Å². The zero-order chi connectivity index (χ0) is 18.4. The van der Waals surface area contributed by atoms with Gasteiger partial charge >= 0.3 is 0 Å². The molecule has 0 bridgehead atoms. The lowest BCUT2D eigenvalue weighted by Crippen LogP contribution is -2.28. The predicted octanol–water partition coefficient (Wildman–Crippen LogP) is 2.55. The number of carbonyl (C=O) groups excluding carboxylic acids is 2. The van der Waals surface area contributed by atoms with E-state index in [-0.39, 0.29) is 22.5 Å². The van der Waals surface area contributed by atoms with Crippen LogP contribution in [0.5, 0.6) is 0 Å². The van der Waals surface area contributed by atoms with Crippen LogP contribution in [0, 0.1) is 0 Å². The van der Waals surface area contributed by atoms with Crippen molar-refractivity contribution in [1.82, 2.24) is 0 Å². The second-order valence-electron chi connectivity index (χ2n) is 5.71. The number of carbonyl (C=O) groups is 2. The molecule has 7 heteroatoms. The van der Waals surface area contributed by atoms with Gasteiger partial charge in [0.1, 0.15) is 0 Å². The smallest absolute Gasteiger partial charge is 0.294 e. The van der Waals surface area contributed by atoms with E-state index in [1.165, 1.54) is 6.07 Å². The van der Waals surface area contributed by atoms with Crippen LogP contribution in [-0.2, 0) is 10.1 Å². The van der Waals surface area contributed by atoms with E-state index in [9.17, 15) is 22.6 Å². The number of hydrogen-bond acceptors (Lipinski definition) is 5. The Morgan fingerprint density at radius 1 is 0.920 bits per heavy atom. The van der Waals surface area contributed by atoms with Crippen molar-refractivity contribution in [3.63, 3.8) is 0 Å². The first-order valence-corrected chi connectivity index (χ1v) is 9.32. The summed E-state index contributed by atoms with van der Waals surface area (Å²) >= 11 is 0. The lowest BCUT2D eigenvalue weighted by molar-refractivity contribution is 0.0979. The molecular formula is C18H17NO5S. The minimum absolute atomic E-state index is 0.00989. The Morgan fingerprint density at radius 3 is 2.20 bits per heavy atom. The van der Waals surface area contributed by atoms with Crippen molar-refractivity contribution in [2.75, 3.05) is 18.0 Å². The van der Waals surface area contributed by atoms with Crippen LogP contribution < -0.4 is 4.90 Å². The molecule has 0 heterocycles. The first-order valence-electron chi connectivity index (χ1n) is 7.88. The lowest BCUT2D eigenvalue weighted by atomic mass is 9.83. The molecule has 0 radical (unpaired) electrons. The number of fused-ring (bicyclic) bond motifs is 2. The molecule has 0 saturated carbocycles. The van der Waals surface area contributed by atoms with Gasteiger partial charge in [-0.15, -0.1) is 0 Å². The van der Waals surface area contributed by atoms with Crippen LogP contribution in [0.15, 0.2) is 41.3 Å². The number of rotatable bonds is 4. The maximum absolute atomic E-state index is 13.0. The fourth-order valence-electron chi connectivity index (χ4n) is 3.15. The van der Waals surface area contributed by atoms with Gasteiger partial charge in [-0.2, -0.15) is 8.42 Å². The third-order valence-electron chi connectivity index (χ3n) is 4.40. The number of anilines is 1. The van der Waals surface area contributed by atoms with Gasteiger partial charge in [-0.1, -0.05) is 12.1 Å². The maximum atomic E-state index is 13.0. The molecule has 0 spiro atoms. The van der Waals surface area contributed by atoms with Crippen molar-refractivity contribution in [3.05, 3.63) is 58.7 Å². The SMILES string of the molecule is CCN(CC)c1cccc2c1C(=O)c1ccc(S(=O)(=O)O)cc1C2=O. The van der Waals surface area contributed by atoms with Gasteiger partial charge in [-0.05, 0) is 38.1 Å². The summed E-state index contributed by atoms with van der Waals surface area (Å²) in [7, 11) is -4.46. The quantitative estimate of drug-likeness (QED) is 0.720. The van der Waals surface area contributed by atoms with Crippen LogP contribution in [-0.4, -0.2) is 37.6 Å². The van der Waals surface area contributed by atoms with Gasteiger partial charge in [0.2, 0.25) is 0 Å². The van der Waals surface area contributed by atoms with Crippen LogP contribution in [0.4, 0.5) is 5.69 Å². The van der Waals surface area contributed by atoms with E-state index in [0.29, 0.717) is 24.3 Å². The summed E-state index contributed by atoms with van der Waals surface area (Å²) in [6.45, 7) is 5.29. The fourth-order valence-corrected chi connectivity index (χ4v) is 3.65. The van der Waals surface area contributed by atoms with Crippen molar-refractivity contribution >= 4 is 27.4 Å². The molecule has 0 fully saturated rings. The average molecular weight is 359 g/mol. The maximum Gasteiger partial charge on any atom is 0.294 e. The Kier molecular flexibility index (Phi) is 4.22. The number of ketones is 2. The van der Waals surface area contributed by atoms with Gasteiger partial charge in [-0.3, -0.25) is 14.1 Å². The van der Waals surface area contributed by atoms with Crippen LogP contribution in [0.3, 0.4) is 0 Å². The Balaban J connectivity index is 2.25. The Bertz CT molecular complexity index is 991. The second-order valence-corrected chi connectivity index (χ2v) is 7.13. The van der Waals surface area contributed by atoms with Gasteiger partial charge in [0.25, 0.3) is 10.1 Å². The molecule has 1 aliphatic rings. The van der Waals surface area contributed by atoms with Crippen LogP contribution in [0.1, 0.15) is 45.7 Å². The second kappa shape index (κ2) is 6.09. The topological polar surface area (TPSA) is 91.8 Å². The highest BCUT2D eigenvalue weighted by Crippen LogP contribution is 2.34. The minimum Gasteiger partial charge on any atom is -0.371 e. The van der Waals surface area contributed by atoms with Crippen molar-refractivity contribution < 1.29 is 22.6 Å². The average Bonchev–Trinajstić information content (AvgIpc) is 2.59. The van der Waals surface area contributed by atoms with Crippen molar-refractivity contribution in [2.45, 2.75) is 18.7 Å². The molecule has 2 aromatic rings. The zero-order valence-electron chi connectivity index (χ0n) is 13.8. The Labute approximate surface area is 145 Å². The summed E-state index contributed by atoms with van der Waals surface area (Å²) in [5.41, 5.74) is 1.40. The summed E-state index contributed by atoms with van der Waals surface area (Å²) in [4.78, 5) is 27.4. The molecular weight excluding hydrogens is 342 g/mol. The molecule has 0 aliphatic heterocycles. The zero-order valence-corrected chi connectivity index (χ0v) is 14.6. The first-order chi connectivity index (χ1) is 11.8. The normalized spacial score (nSPS) is 13.4. The first kappa shape index (κ1) is 17.3. The molecule has 1 aliphatic carbocycles. The Morgan fingerprint density at radius 2 is 1.60 bits per heavy atom. The van der Waals surface area contributed by atoms with Crippen LogP contribution >= 0.6 is 0 Å². The summed E-state index contributed by atoms with van der Waals surface area (Å²) in [5, 5.41) is 0. The van der Waals surface area contributed by atoms with Gasteiger partial charge < -0.3 is 4.90 Å². The van der Waals surface area contributed by atoms with E-state index in [2.05, 4.69) is 0 Å². The molecule has 6 nitrogen and oxygen atoms in total. The largest absolute Gasteiger partial charge is 0.371 e. The summed E-state index contributed by atoms with van der Waals surface area (Å²) in [5.74, 6) is -0.752. The van der Waals surface area contributed by atoms with Gasteiger partial charge in [-0.25, -0.2) is 0 Å². The van der Waals surface area contributed by atoms with E-state index in [0.717, 1.165) is 12.1 Å². The van der Waals surface area contributed by atoms with Crippen molar-refractivity contribution in [2.24, 2.45) is 0 Å². The van der Waals surface area contributed by atoms with E-state index in [1.54, 1.807) is 18.2 Å². The van der Waals surface area contributed by atoms with Gasteiger partial charge in [0.15, 0.2) is 11.6 Å².